The smallest absolute Gasteiger partial charge is 0.373 e. The first-order valence-corrected chi connectivity index (χ1v) is 7.68. The molecule has 7 nitrogen and oxygen atoms in total. The molecule has 0 aliphatic carbocycles. The van der Waals surface area contributed by atoms with Gasteiger partial charge in [-0.15, -0.1) is 0 Å². The van der Waals surface area contributed by atoms with Crippen LogP contribution in [0.2, 0.25) is 0 Å². The van der Waals surface area contributed by atoms with Gasteiger partial charge in [0.25, 0.3) is 0 Å². The number of nitrogens with one attached hydrogen (secondary N) is 1. The van der Waals surface area contributed by atoms with Crippen LogP contribution < -0.4 is 4.74 Å². The standard InChI is InChI=1S/C18H24N2O5/c1-6-15(18(21)22-4)25-16-9-14(8-7-12(16)2)17(10-19)24-11-13(3)20-23-5/h6-10,17,19H,11H2,1-5H3. The fourth-order valence-electron chi connectivity index (χ4n) is 1.97. The molecule has 0 spiro atoms. The van der Waals surface area contributed by atoms with Crippen LogP contribution in [0, 0.1) is 12.3 Å². The minimum atomic E-state index is -0.572. The van der Waals surface area contributed by atoms with Gasteiger partial charge in [0.1, 0.15) is 19.0 Å². The van der Waals surface area contributed by atoms with E-state index in [0.29, 0.717) is 11.5 Å². The zero-order valence-electron chi connectivity index (χ0n) is 15.2. The van der Waals surface area contributed by atoms with E-state index in [4.69, 9.17) is 14.9 Å². The van der Waals surface area contributed by atoms with Crippen molar-refractivity contribution in [2.75, 3.05) is 20.8 Å². The van der Waals surface area contributed by atoms with Gasteiger partial charge in [0.05, 0.1) is 19.4 Å². The quantitative estimate of drug-likeness (QED) is 0.243. The van der Waals surface area contributed by atoms with E-state index in [1.165, 1.54) is 26.5 Å². The number of ether oxygens (including phenoxy) is 3. The Hall–Kier alpha value is -2.67. The van der Waals surface area contributed by atoms with E-state index in [9.17, 15) is 4.79 Å². The van der Waals surface area contributed by atoms with E-state index >= 15 is 0 Å². The molecule has 1 N–H and O–H groups in total. The van der Waals surface area contributed by atoms with Crippen LogP contribution in [0.5, 0.6) is 5.75 Å². The number of hydrogen-bond acceptors (Lipinski definition) is 7. The zero-order chi connectivity index (χ0) is 18.8. The van der Waals surface area contributed by atoms with Crippen molar-refractivity contribution in [3.8, 4) is 5.75 Å². The van der Waals surface area contributed by atoms with Gasteiger partial charge in [0, 0.05) is 6.21 Å². The van der Waals surface area contributed by atoms with Crippen LogP contribution in [0.15, 0.2) is 35.2 Å². The lowest BCUT2D eigenvalue weighted by molar-refractivity contribution is -0.138. The van der Waals surface area contributed by atoms with Gasteiger partial charge < -0.3 is 24.5 Å². The number of carbonyl (C=O) groups excluding carboxylic acids is 1. The SMILES string of the molecule is CC=C(Oc1cc(C(C=N)OCC(C)=NOC)ccc1C)C(=O)OC. The first-order valence-electron chi connectivity index (χ1n) is 7.68. The summed E-state index contributed by atoms with van der Waals surface area (Å²) in [6.45, 7) is 5.54. The molecule has 0 fully saturated rings. The molecule has 0 saturated heterocycles. The number of oxime groups is 1. The monoisotopic (exact) mass is 348 g/mol. The summed E-state index contributed by atoms with van der Waals surface area (Å²) in [5.74, 6) is 0.0328. The molecule has 25 heavy (non-hydrogen) atoms. The Balaban J connectivity index is 2.99. The zero-order valence-corrected chi connectivity index (χ0v) is 15.2. The Morgan fingerprint density at radius 1 is 1.36 bits per heavy atom. The second-order valence-electron chi connectivity index (χ2n) is 5.18. The van der Waals surface area contributed by atoms with Gasteiger partial charge in [-0.05, 0) is 44.0 Å². The van der Waals surface area contributed by atoms with Crippen molar-refractivity contribution >= 4 is 17.9 Å². The molecule has 1 atom stereocenters. The van der Waals surface area contributed by atoms with Gasteiger partial charge in [-0.2, -0.15) is 0 Å². The van der Waals surface area contributed by atoms with Crippen molar-refractivity contribution in [1.82, 2.24) is 0 Å². The van der Waals surface area contributed by atoms with Crippen molar-refractivity contribution in [3.05, 3.63) is 41.2 Å². The Labute approximate surface area is 147 Å². The van der Waals surface area contributed by atoms with Gasteiger partial charge in [-0.25, -0.2) is 4.79 Å². The van der Waals surface area contributed by atoms with Crippen molar-refractivity contribution in [1.29, 1.82) is 5.41 Å². The fraction of sp³-hybridized carbons (Fsp3) is 0.389. The van der Waals surface area contributed by atoms with Crippen molar-refractivity contribution in [2.45, 2.75) is 26.9 Å². The molecule has 0 aliphatic heterocycles. The number of esters is 1. The maximum atomic E-state index is 11.7. The van der Waals surface area contributed by atoms with Crippen molar-refractivity contribution in [3.63, 3.8) is 0 Å². The summed E-state index contributed by atoms with van der Waals surface area (Å²) in [5.41, 5.74) is 2.22. The Bertz CT molecular complexity index is 667. The highest BCUT2D eigenvalue weighted by Gasteiger charge is 2.16. The third-order valence-corrected chi connectivity index (χ3v) is 3.28. The first kappa shape index (κ1) is 20.4. The van der Waals surface area contributed by atoms with Gasteiger partial charge in [0.15, 0.2) is 0 Å². The minimum Gasteiger partial charge on any atom is -0.463 e. The molecule has 0 bridgehead atoms. The van der Waals surface area contributed by atoms with E-state index in [1.54, 1.807) is 19.9 Å². The van der Waals surface area contributed by atoms with Crippen LogP contribution in [-0.4, -0.2) is 38.7 Å². The highest BCUT2D eigenvalue weighted by atomic mass is 16.6. The Kier molecular flexibility index (Phi) is 8.35. The molecule has 0 amide bonds. The normalized spacial score (nSPS) is 13.2. The lowest BCUT2D eigenvalue weighted by Gasteiger charge is -2.16. The summed E-state index contributed by atoms with van der Waals surface area (Å²) in [6, 6.07) is 5.42. The van der Waals surface area contributed by atoms with Gasteiger partial charge in [0.2, 0.25) is 5.76 Å². The second kappa shape index (κ2) is 10.2. The highest BCUT2D eigenvalue weighted by molar-refractivity contribution is 5.86. The summed E-state index contributed by atoms with van der Waals surface area (Å²) in [5, 5.41) is 11.4. The summed E-state index contributed by atoms with van der Waals surface area (Å²) in [6.07, 6.45) is 2.15. The van der Waals surface area contributed by atoms with E-state index in [0.717, 1.165) is 11.1 Å². The Morgan fingerprint density at radius 3 is 2.64 bits per heavy atom. The predicted octanol–water partition coefficient (Wildman–Crippen LogP) is 3.18. The van der Waals surface area contributed by atoms with Crippen LogP contribution in [0.1, 0.15) is 31.1 Å². The number of benzene rings is 1. The van der Waals surface area contributed by atoms with Crippen LogP contribution in [0.3, 0.4) is 0 Å². The first-order chi connectivity index (χ1) is 12.0. The van der Waals surface area contributed by atoms with Gasteiger partial charge in [-0.3, -0.25) is 0 Å². The number of nitrogens with zero attached hydrogens (tertiary/aromatic N) is 1. The lowest BCUT2D eigenvalue weighted by atomic mass is 10.1. The topological polar surface area (TPSA) is 90.2 Å². The largest absolute Gasteiger partial charge is 0.463 e. The molecule has 7 heteroatoms. The van der Waals surface area contributed by atoms with Crippen molar-refractivity contribution < 1.29 is 23.8 Å². The highest BCUT2D eigenvalue weighted by Crippen LogP contribution is 2.26. The Morgan fingerprint density at radius 2 is 2.08 bits per heavy atom. The average molecular weight is 348 g/mol. The third-order valence-electron chi connectivity index (χ3n) is 3.28. The predicted molar refractivity (Wildman–Crippen MR) is 95.2 cm³/mol. The molecule has 0 saturated carbocycles. The van der Waals surface area contributed by atoms with E-state index in [-0.39, 0.29) is 12.4 Å². The minimum absolute atomic E-state index is 0.0955. The summed E-state index contributed by atoms with van der Waals surface area (Å²) < 4.78 is 16.0. The van der Waals surface area contributed by atoms with Crippen LogP contribution in [0.4, 0.5) is 0 Å². The van der Waals surface area contributed by atoms with Crippen molar-refractivity contribution in [2.24, 2.45) is 5.16 Å². The molecule has 1 rings (SSSR count). The number of hydrogen-bond donors (Lipinski definition) is 1. The summed E-state index contributed by atoms with van der Waals surface area (Å²) >= 11 is 0. The molecule has 0 aromatic heterocycles. The van der Waals surface area contributed by atoms with Crippen LogP contribution >= 0.6 is 0 Å². The van der Waals surface area contributed by atoms with Crippen LogP contribution in [-0.2, 0) is 19.1 Å². The molecule has 0 heterocycles. The van der Waals surface area contributed by atoms with E-state index in [1.807, 2.05) is 19.1 Å². The number of rotatable bonds is 9. The maximum absolute atomic E-state index is 11.7. The number of methoxy groups -OCH3 is 1. The second-order valence-corrected chi connectivity index (χ2v) is 5.18. The molecule has 0 aliphatic rings. The summed E-state index contributed by atoms with van der Waals surface area (Å²) in [7, 11) is 2.75. The molecule has 1 aromatic rings. The molecule has 136 valence electrons. The molecule has 1 aromatic carbocycles. The molecular weight excluding hydrogens is 324 g/mol. The van der Waals surface area contributed by atoms with E-state index < -0.39 is 12.1 Å². The summed E-state index contributed by atoms with van der Waals surface area (Å²) in [4.78, 5) is 16.4. The molecular formula is C18H24N2O5. The number of allylic oxidation sites excluding steroid dienone is 1. The van der Waals surface area contributed by atoms with Crippen LogP contribution in [0.25, 0.3) is 0 Å². The number of aryl methyl sites for hydroxylation is 1. The fourth-order valence-corrected chi connectivity index (χ4v) is 1.97. The third kappa shape index (κ3) is 6.04. The maximum Gasteiger partial charge on any atom is 0.373 e. The van der Waals surface area contributed by atoms with Gasteiger partial charge >= 0.3 is 5.97 Å². The van der Waals surface area contributed by atoms with E-state index in [2.05, 4.69) is 14.7 Å². The molecule has 1 unspecified atom stereocenters. The molecule has 0 radical (unpaired) electrons. The lowest BCUT2D eigenvalue weighted by Crippen LogP contribution is -2.13. The van der Waals surface area contributed by atoms with Gasteiger partial charge in [-0.1, -0.05) is 17.3 Å². The number of carbonyl (C=O) groups is 1. The average Bonchev–Trinajstić information content (AvgIpc) is 2.61.